The van der Waals surface area contributed by atoms with Gasteiger partial charge in [-0.05, 0) is 45.6 Å². The van der Waals surface area contributed by atoms with Gasteiger partial charge in [0.25, 0.3) is 0 Å². The minimum Gasteiger partial charge on any atom is -0.385 e. The average molecular weight is 214 g/mol. The molecule has 1 rings (SSSR count). The van der Waals surface area contributed by atoms with Crippen molar-refractivity contribution in [3.8, 4) is 0 Å². The quantitative estimate of drug-likeness (QED) is 0.704. The predicted molar refractivity (Wildman–Crippen MR) is 63.9 cm³/mol. The molecule has 0 amide bonds. The first-order chi connectivity index (χ1) is 7.10. The van der Waals surface area contributed by atoms with Crippen LogP contribution in [0.1, 0.15) is 33.1 Å². The fourth-order valence-corrected chi connectivity index (χ4v) is 2.35. The Morgan fingerprint density at radius 1 is 1.47 bits per heavy atom. The molecule has 0 aromatic heterocycles. The number of rotatable bonds is 5. The third-order valence-electron chi connectivity index (χ3n) is 3.61. The van der Waals surface area contributed by atoms with Gasteiger partial charge in [-0.3, -0.25) is 4.90 Å². The monoisotopic (exact) mass is 214 g/mol. The highest BCUT2D eigenvalue weighted by Crippen LogP contribution is 2.29. The maximum Gasteiger partial charge on any atom is 0.0474 e. The van der Waals surface area contributed by atoms with E-state index in [0.29, 0.717) is 11.5 Å². The molecule has 1 heterocycles. The van der Waals surface area contributed by atoms with Gasteiger partial charge in [0, 0.05) is 32.3 Å². The predicted octanol–water partition coefficient (Wildman–Crippen LogP) is 1.47. The van der Waals surface area contributed by atoms with Gasteiger partial charge in [0.05, 0.1) is 0 Å². The second kappa shape index (κ2) is 5.83. The molecule has 1 atom stereocenters. The number of piperidine rings is 1. The molecule has 0 aromatic carbocycles. The summed E-state index contributed by atoms with van der Waals surface area (Å²) in [6, 6.07) is 0. The maximum absolute atomic E-state index is 5.76. The number of nitrogens with two attached hydrogens (primary N) is 1. The highest BCUT2D eigenvalue weighted by Gasteiger charge is 2.32. The Balaban J connectivity index is 2.41. The highest BCUT2D eigenvalue weighted by molar-refractivity contribution is 4.88. The molecule has 0 radical (unpaired) electrons. The van der Waals surface area contributed by atoms with Crippen molar-refractivity contribution in [1.29, 1.82) is 0 Å². The number of methoxy groups -OCH3 is 1. The van der Waals surface area contributed by atoms with Gasteiger partial charge in [-0.1, -0.05) is 0 Å². The molecular weight excluding hydrogens is 188 g/mol. The highest BCUT2D eigenvalue weighted by atomic mass is 16.5. The molecule has 0 aliphatic carbocycles. The van der Waals surface area contributed by atoms with Crippen molar-refractivity contribution in [2.45, 2.75) is 38.6 Å². The van der Waals surface area contributed by atoms with Crippen LogP contribution in [0.25, 0.3) is 0 Å². The van der Waals surface area contributed by atoms with E-state index in [-0.39, 0.29) is 0 Å². The lowest BCUT2D eigenvalue weighted by Gasteiger charge is -2.45. The number of hydrogen-bond donors (Lipinski definition) is 1. The molecule has 15 heavy (non-hydrogen) atoms. The minimum atomic E-state index is 0.347. The smallest absolute Gasteiger partial charge is 0.0474 e. The van der Waals surface area contributed by atoms with E-state index in [4.69, 9.17) is 10.5 Å². The molecule has 90 valence electrons. The van der Waals surface area contributed by atoms with Gasteiger partial charge >= 0.3 is 0 Å². The fraction of sp³-hybridized carbons (Fsp3) is 1.00. The van der Waals surface area contributed by atoms with Crippen LogP contribution in [0.2, 0.25) is 0 Å². The first kappa shape index (κ1) is 12.9. The normalized spacial score (nSPS) is 26.8. The van der Waals surface area contributed by atoms with Gasteiger partial charge in [-0.2, -0.15) is 0 Å². The number of likely N-dealkylation sites (tertiary alicyclic amines) is 1. The molecular formula is C12H26N2O. The molecule has 1 aliphatic heterocycles. The Morgan fingerprint density at radius 2 is 2.20 bits per heavy atom. The number of hydrogen-bond acceptors (Lipinski definition) is 3. The third-order valence-corrected chi connectivity index (χ3v) is 3.61. The van der Waals surface area contributed by atoms with E-state index in [1.807, 2.05) is 0 Å². The Bertz CT molecular complexity index is 182. The molecule has 0 bridgehead atoms. The van der Waals surface area contributed by atoms with Gasteiger partial charge in [0.15, 0.2) is 0 Å². The lowest BCUT2D eigenvalue weighted by molar-refractivity contribution is 0.0397. The van der Waals surface area contributed by atoms with Gasteiger partial charge in [-0.25, -0.2) is 0 Å². The summed E-state index contributed by atoms with van der Waals surface area (Å²) in [7, 11) is 1.77. The van der Waals surface area contributed by atoms with Gasteiger partial charge in [-0.15, -0.1) is 0 Å². The van der Waals surface area contributed by atoms with Crippen molar-refractivity contribution >= 4 is 0 Å². The fourth-order valence-electron chi connectivity index (χ4n) is 2.35. The van der Waals surface area contributed by atoms with Crippen molar-refractivity contribution in [2.24, 2.45) is 11.7 Å². The van der Waals surface area contributed by atoms with Crippen LogP contribution in [-0.4, -0.2) is 43.8 Å². The van der Waals surface area contributed by atoms with E-state index in [1.54, 1.807) is 7.11 Å². The van der Waals surface area contributed by atoms with Crippen LogP contribution in [0.4, 0.5) is 0 Å². The van der Waals surface area contributed by atoms with Gasteiger partial charge < -0.3 is 10.5 Å². The summed E-state index contributed by atoms with van der Waals surface area (Å²) in [4.78, 5) is 2.58. The zero-order valence-corrected chi connectivity index (χ0v) is 10.5. The van der Waals surface area contributed by atoms with E-state index in [1.165, 1.54) is 12.8 Å². The van der Waals surface area contributed by atoms with E-state index < -0.39 is 0 Å². The standard InChI is InChI=1S/C12H26N2O/c1-12(2)6-5-11(9-13)10-14(12)7-4-8-15-3/h11H,4-10,13H2,1-3H3. The van der Waals surface area contributed by atoms with Crippen LogP contribution in [0.3, 0.4) is 0 Å². The lowest BCUT2D eigenvalue weighted by Crippen LogP contribution is -2.52. The molecule has 1 fully saturated rings. The van der Waals surface area contributed by atoms with Crippen LogP contribution in [0.5, 0.6) is 0 Å². The summed E-state index contributed by atoms with van der Waals surface area (Å²) in [5.74, 6) is 0.695. The minimum absolute atomic E-state index is 0.347. The van der Waals surface area contributed by atoms with E-state index >= 15 is 0 Å². The molecule has 1 aliphatic rings. The Hall–Kier alpha value is -0.120. The Morgan fingerprint density at radius 3 is 2.80 bits per heavy atom. The second-order valence-corrected chi connectivity index (χ2v) is 5.25. The molecule has 0 spiro atoms. The molecule has 1 unspecified atom stereocenters. The molecule has 3 nitrogen and oxygen atoms in total. The zero-order chi connectivity index (χ0) is 11.3. The first-order valence-corrected chi connectivity index (χ1v) is 6.04. The van der Waals surface area contributed by atoms with Gasteiger partial charge in [0.2, 0.25) is 0 Å². The van der Waals surface area contributed by atoms with Crippen molar-refractivity contribution < 1.29 is 4.74 Å². The van der Waals surface area contributed by atoms with Crippen LogP contribution >= 0.6 is 0 Å². The van der Waals surface area contributed by atoms with Crippen molar-refractivity contribution in [1.82, 2.24) is 4.90 Å². The lowest BCUT2D eigenvalue weighted by atomic mass is 9.84. The Kier molecular flexibility index (Phi) is 5.03. The van der Waals surface area contributed by atoms with Crippen LogP contribution in [-0.2, 0) is 4.74 Å². The molecule has 1 saturated heterocycles. The average Bonchev–Trinajstić information content (AvgIpc) is 2.21. The van der Waals surface area contributed by atoms with Crippen LogP contribution in [0.15, 0.2) is 0 Å². The van der Waals surface area contributed by atoms with E-state index in [9.17, 15) is 0 Å². The summed E-state index contributed by atoms with van der Waals surface area (Å²) in [6.45, 7) is 8.67. The summed E-state index contributed by atoms with van der Waals surface area (Å²) in [5, 5.41) is 0. The van der Waals surface area contributed by atoms with Crippen molar-refractivity contribution in [2.75, 3.05) is 33.4 Å². The summed E-state index contributed by atoms with van der Waals surface area (Å²) < 4.78 is 5.10. The third kappa shape index (κ3) is 3.74. The van der Waals surface area contributed by atoms with Crippen LogP contribution in [0, 0.1) is 5.92 Å². The molecule has 3 heteroatoms. The van der Waals surface area contributed by atoms with Gasteiger partial charge in [0.1, 0.15) is 0 Å². The van der Waals surface area contributed by atoms with Crippen LogP contribution < -0.4 is 5.73 Å². The van der Waals surface area contributed by atoms with Crippen molar-refractivity contribution in [3.63, 3.8) is 0 Å². The largest absolute Gasteiger partial charge is 0.385 e. The van der Waals surface area contributed by atoms with Crippen molar-refractivity contribution in [3.05, 3.63) is 0 Å². The summed E-state index contributed by atoms with van der Waals surface area (Å²) in [6.07, 6.45) is 3.67. The van der Waals surface area contributed by atoms with E-state index in [0.717, 1.165) is 32.7 Å². The SMILES string of the molecule is COCCCN1CC(CN)CCC1(C)C. The molecule has 2 N–H and O–H groups in total. The molecule has 0 saturated carbocycles. The number of nitrogens with zero attached hydrogens (tertiary/aromatic N) is 1. The maximum atomic E-state index is 5.76. The van der Waals surface area contributed by atoms with E-state index in [2.05, 4.69) is 18.7 Å². The topological polar surface area (TPSA) is 38.5 Å². The number of ether oxygens (including phenoxy) is 1. The summed E-state index contributed by atoms with van der Waals surface area (Å²) in [5.41, 5.74) is 6.10. The Labute approximate surface area is 94.0 Å². The first-order valence-electron chi connectivity index (χ1n) is 6.04. The zero-order valence-electron chi connectivity index (χ0n) is 10.5. The second-order valence-electron chi connectivity index (χ2n) is 5.25. The molecule has 0 aromatic rings. The summed E-state index contributed by atoms with van der Waals surface area (Å²) >= 11 is 0.